The van der Waals surface area contributed by atoms with Crippen LogP contribution in [0.1, 0.15) is 30.6 Å². The molecular formula is C16H18F3NO3S2. The van der Waals surface area contributed by atoms with E-state index in [0.717, 1.165) is 24.4 Å². The zero-order chi connectivity index (χ0) is 18.9. The molecule has 1 aliphatic heterocycles. The van der Waals surface area contributed by atoms with Gasteiger partial charge in [-0.15, -0.1) is 11.3 Å². The summed E-state index contributed by atoms with van der Waals surface area (Å²) < 4.78 is 61.3. The van der Waals surface area contributed by atoms with Gasteiger partial charge < -0.3 is 4.55 Å². The number of hydrogen-bond acceptors (Lipinski definition) is 4. The van der Waals surface area contributed by atoms with E-state index in [0.29, 0.717) is 0 Å². The second kappa shape index (κ2) is 9.75. The molecule has 25 heavy (non-hydrogen) atoms. The van der Waals surface area contributed by atoms with Crippen molar-refractivity contribution in [3.05, 3.63) is 35.0 Å². The molecule has 2 rings (SSSR count). The van der Waals surface area contributed by atoms with Gasteiger partial charge in [0.2, 0.25) is 5.71 Å². The van der Waals surface area contributed by atoms with Crippen molar-refractivity contribution in [1.29, 1.82) is 0 Å². The Hall–Kier alpha value is -1.63. The van der Waals surface area contributed by atoms with Gasteiger partial charge in [-0.25, -0.2) is 13.0 Å². The topological polar surface area (TPSA) is 60.2 Å². The van der Waals surface area contributed by atoms with Crippen molar-refractivity contribution >= 4 is 27.2 Å². The number of alkyl halides is 3. The van der Waals surface area contributed by atoms with E-state index in [2.05, 4.69) is 34.4 Å². The summed E-state index contributed by atoms with van der Waals surface area (Å²) in [6.45, 7) is 5.88. The Kier molecular flexibility index (Phi) is 8.35. The molecule has 0 atom stereocenters. The van der Waals surface area contributed by atoms with Crippen molar-refractivity contribution in [1.82, 2.24) is 0 Å². The third kappa shape index (κ3) is 7.86. The van der Waals surface area contributed by atoms with Gasteiger partial charge in [-0.05, 0) is 36.3 Å². The molecule has 2 heterocycles. The van der Waals surface area contributed by atoms with Crippen molar-refractivity contribution in [3.63, 3.8) is 0 Å². The largest absolute Gasteiger partial charge is 0.741 e. The summed E-state index contributed by atoms with van der Waals surface area (Å²) in [5.74, 6) is 6.62. The fourth-order valence-electron chi connectivity index (χ4n) is 2.05. The van der Waals surface area contributed by atoms with Gasteiger partial charge in [0.1, 0.15) is 6.54 Å². The molecule has 0 unspecified atom stereocenters. The van der Waals surface area contributed by atoms with Crippen molar-refractivity contribution in [2.24, 2.45) is 0 Å². The Labute approximate surface area is 149 Å². The van der Waals surface area contributed by atoms with E-state index >= 15 is 0 Å². The highest BCUT2D eigenvalue weighted by Gasteiger charge is 2.36. The summed E-state index contributed by atoms with van der Waals surface area (Å²) in [5, 5.41) is 2.07. The van der Waals surface area contributed by atoms with Crippen LogP contribution < -0.4 is 0 Å². The summed E-state index contributed by atoms with van der Waals surface area (Å²) in [5.41, 5.74) is -4.36. The van der Waals surface area contributed by atoms with Crippen LogP contribution in [0.15, 0.2) is 30.2 Å². The minimum atomic E-state index is -6.09. The van der Waals surface area contributed by atoms with E-state index in [4.69, 9.17) is 13.0 Å². The lowest BCUT2D eigenvalue weighted by molar-refractivity contribution is -0.517. The van der Waals surface area contributed by atoms with Crippen LogP contribution in [-0.2, 0) is 10.1 Å². The molecule has 0 aliphatic carbocycles. The first kappa shape index (κ1) is 21.4. The van der Waals surface area contributed by atoms with Gasteiger partial charge in [0, 0.05) is 18.8 Å². The average molecular weight is 393 g/mol. The summed E-state index contributed by atoms with van der Waals surface area (Å²) in [6, 6.07) is 4.13. The lowest BCUT2D eigenvalue weighted by atomic mass is 10.1. The van der Waals surface area contributed by atoms with Crippen LogP contribution >= 0.6 is 11.3 Å². The van der Waals surface area contributed by atoms with Gasteiger partial charge >= 0.3 is 5.51 Å². The maximum absolute atomic E-state index is 10.7. The molecule has 0 radical (unpaired) electrons. The first-order valence-corrected chi connectivity index (χ1v) is 9.73. The minimum absolute atomic E-state index is 0.925. The molecule has 1 aromatic heterocycles. The molecule has 0 saturated heterocycles. The van der Waals surface area contributed by atoms with E-state index in [1.165, 1.54) is 25.0 Å². The first-order chi connectivity index (χ1) is 11.6. The van der Waals surface area contributed by atoms with Crippen molar-refractivity contribution in [2.75, 3.05) is 13.1 Å². The number of hydrogen-bond donors (Lipinski definition) is 0. The number of thiophene rings is 1. The highest BCUT2D eigenvalue weighted by molar-refractivity contribution is 7.86. The molecule has 0 N–H and O–H groups in total. The highest BCUT2D eigenvalue weighted by Crippen LogP contribution is 2.20. The third-order valence-electron chi connectivity index (χ3n) is 3.21. The monoisotopic (exact) mass is 393 g/mol. The normalized spacial score (nSPS) is 15.4. The van der Waals surface area contributed by atoms with Crippen LogP contribution in [0.2, 0.25) is 0 Å². The molecule has 0 bridgehead atoms. The maximum atomic E-state index is 10.7. The van der Waals surface area contributed by atoms with E-state index in [-0.39, 0.29) is 0 Å². The van der Waals surface area contributed by atoms with E-state index in [9.17, 15) is 13.2 Å². The Balaban J connectivity index is 0.000000333. The second-order valence-corrected chi connectivity index (χ2v) is 7.44. The quantitative estimate of drug-likeness (QED) is 0.255. The fourth-order valence-corrected chi connectivity index (χ4v) is 2.62. The molecule has 1 aromatic rings. The predicted molar refractivity (Wildman–Crippen MR) is 90.6 cm³/mol. The van der Waals surface area contributed by atoms with Gasteiger partial charge in [0.15, 0.2) is 16.7 Å². The SMILES string of the molecule is C=CC[N+]1=C(C#Cc2cccs2)CCCCC1.O=S(=O)([O-])C(F)(F)F. The van der Waals surface area contributed by atoms with Crippen LogP contribution in [0.4, 0.5) is 13.2 Å². The van der Waals surface area contributed by atoms with Crippen LogP contribution in [0.5, 0.6) is 0 Å². The molecule has 1 aliphatic rings. The van der Waals surface area contributed by atoms with Crippen molar-refractivity contribution in [3.8, 4) is 11.8 Å². The highest BCUT2D eigenvalue weighted by atomic mass is 32.2. The smallest absolute Gasteiger partial charge is 0.485 e. The molecule has 0 saturated carbocycles. The first-order valence-electron chi connectivity index (χ1n) is 7.44. The Morgan fingerprint density at radius 3 is 2.52 bits per heavy atom. The van der Waals surface area contributed by atoms with Crippen LogP contribution in [-0.4, -0.2) is 41.9 Å². The summed E-state index contributed by atoms with van der Waals surface area (Å²) in [4.78, 5) is 1.15. The molecule has 0 aromatic carbocycles. The second-order valence-electron chi connectivity index (χ2n) is 5.12. The number of halogens is 3. The predicted octanol–water partition coefficient (Wildman–Crippen LogP) is 3.36. The molecule has 9 heteroatoms. The van der Waals surface area contributed by atoms with Crippen molar-refractivity contribution < 1.29 is 30.7 Å². The molecule has 0 fully saturated rings. The van der Waals surface area contributed by atoms with Gasteiger partial charge in [-0.2, -0.15) is 13.2 Å². The zero-order valence-electron chi connectivity index (χ0n) is 13.4. The van der Waals surface area contributed by atoms with Gasteiger partial charge in [-0.1, -0.05) is 12.6 Å². The van der Waals surface area contributed by atoms with E-state index in [1.54, 1.807) is 11.3 Å². The maximum Gasteiger partial charge on any atom is 0.485 e. The fraction of sp³-hybridized carbons (Fsp3) is 0.438. The Morgan fingerprint density at radius 1 is 1.32 bits per heavy atom. The summed E-state index contributed by atoms with van der Waals surface area (Å²) in [7, 11) is -6.09. The average Bonchev–Trinajstić information content (AvgIpc) is 2.92. The number of rotatable bonds is 2. The molecule has 138 valence electrons. The Morgan fingerprint density at radius 2 is 2.00 bits per heavy atom. The van der Waals surface area contributed by atoms with Crippen LogP contribution in [0, 0.1) is 11.8 Å². The summed E-state index contributed by atoms with van der Waals surface area (Å²) in [6.07, 6.45) is 6.95. The standard InChI is InChI=1S/C15H18NS.CHF3O3S/c1-2-11-16-12-5-3-4-7-14(16)9-10-15-8-6-13-17-15;2-1(3,4)8(5,6)7/h2,6,8,13H,1,3-5,7,11-12H2;(H,5,6,7)/q+1;/p-1. The van der Waals surface area contributed by atoms with E-state index < -0.39 is 15.6 Å². The molecule has 0 spiro atoms. The Bertz CT molecular complexity index is 755. The van der Waals surface area contributed by atoms with Crippen LogP contribution in [0.25, 0.3) is 0 Å². The van der Waals surface area contributed by atoms with E-state index in [1.807, 2.05) is 12.1 Å². The van der Waals surface area contributed by atoms with Crippen molar-refractivity contribution in [2.45, 2.75) is 31.2 Å². The lowest BCUT2D eigenvalue weighted by Crippen LogP contribution is -2.21. The third-order valence-corrected chi connectivity index (χ3v) is 4.56. The molecular weight excluding hydrogens is 375 g/mol. The van der Waals surface area contributed by atoms with Gasteiger partial charge in [0.05, 0.1) is 4.88 Å². The lowest BCUT2D eigenvalue weighted by Gasteiger charge is -2.08. The molecule has 4 nitrogen and oxygen atoms in total. The van der Waals surface area contributed by atoms with Gasteiger partial charge in [0.25, 0.3) is 0 Å². The number of nitrogens with zero attached hydrogens (tertiary/aromatic N) is 1. The minimum Gasteiger partial charge on any atom is -0.741 e. The van der Waals surface area contributed by atoms with Gasteiger partial charge in [-0.3, -0.25) is 0 Å². The summed E-state index contributed by atoms with van der Waals surface area (Å²) >= 11 is 1.71. The molecule has 0 amide bonds. The zero-order valence-corrected chi connectivity index (χ0v) is 15.0. The van der Waals surface area contributed by atoms with Crippen LogP contribution in [0.3, 0.4) is 0 Å².